The summed E-state index contributed by atoms with van der Waals surface area (Å²) in [5, 5.41) is 4.46. The lowest BCUT2D eigenvalue weighted by atomic mass is 10.1. The van der Waals surface area contributed by atoms with Crippen LogP contribution in [0, 0.1) is 5.92 Å². The smallest absolute Gasteiger partial charge is 0.257 e. The maximum Gasteiger partial charge on any atom is 0.257 e. The first-order valence-corrected chi connectivity index (χ1v) is 7.88. The average Bonchev–Trinajstić information content (AvgIpc) is 3.00. The van der Waals surface area contributed by atoms with E-state index in [0.29, 0.717) is 12.5 Å². The highest BCUT2D eigenvalue weighted by Crippen LogP contribution is 2.26. The minimum atomic E-state index is -0.111. The predicted octanol–water partition coefficient (Wildman–Crippen LogP) is 2.01. The first-order chi connectivity index (χ1) is 9.79. The molecule has 2 heterocycles. The van der Waals surface area contributed by atoms with Gasteiger partial charge in [0, 0.05) is 12.6 Å². The van der Waals surface area contributed by atoms with E-state index >= 15 is 0 Å². The number of hydrogen-bond donors (Lipinski definition) is 1. The quantitative estimate of drug-likeness (QED) is 0.927. The average molecular weight is 292 g/mol. The number of nitrogens with two attached hydrogens (primary N) is 1. The van der Waals surface area contributed by atoms with E-state index in [-0.39, 0.29) is 17.5 Å². The summed E-state index contributed by atoms with van der Waals surface area (Å²) < 4.78 is 1.97. The van der Waals surface area contributed by atoms with Gasteiger partial charge >= 0.3 is 0 Å². The summed E-state index contributed by atoms with van der Waals surface area (Å²) in [5.74, 6) is 0.525. The molecule has 0 bridgehead atoms. The van der Waals surface area contributed by atoms with Crippen LogP contribution in [0.4, 0.5) is 0 Å². The zero-order valence-corrected chi connectivity index (χ0v) is 13.9. The molecule has 1 saturated heterocycles. The molecule has 1 aromatic heterocycles. The normalized spacial score (nSPS) is 22.9. The van der Waals surface area contributed by atoms with Crippen LogP contribution in [-0.4, -0.2) is 39.7 Å². The van der Waals surface area contributed by atoms with Crippen molar-refractivity contribution in [2.75, 3.05) is 13.1 Å². The van der Waals surface area contributed by atoms with Gasteiger partial charge in [0.1, 0.15) is 0 Å². The van der Waals surface area contributed by atoms with Gasteiger partial charge in [-0.25, -0.2) is 0 Å². The lowest BCUT2D eigenvalue weighted by Crippen LogP contribution is -2.35. The van der Waals surface area contributed by atoms with Crippen LogP contribution in [0.1, 0.15) is 57.1 Å². The Morgan fingerprint density at radius 1 is 1.48 bits per heavy atom. The number of carbonyl (C=O) groups excluding carboxylic acids is 1. The molecule has 2 N–H and O–H groups in total. The van der Waals surface area contributed by atoms with Crippen molar-refractivity contribution >= 4 is 5.91 Å². The third-order valence-corrected chi connectivity index (χ3v) is 4.33. The highest BCUT2D eigenvalue weighted by Gasteiger charge is 2.34. The molecule has 21 heavy (non-hydrogen) atoms. The number of aromatic nitrogens is 2. The minimum Gasteiger partial charge on any atom is -0.335 e. The van der Waals surface area contributed by atoms with Crippen LogP contribution in [0.15, 0.2) is 6.20 Å². The minimum absolute atomic E-state index is 0.103. The van der Waals surface area contributed by atoms with E-state index in [2.05, 4.69) is 39.7 Å². The molecule has 0 saturated carbocycles. The summed E-state index contributed by atoms with van der Waals surface area (Å²) in [6.45, 7) is 11.9. The summed E-state index contributed by atoms with van der Waals surface area (Å²) in [6, 6.07) is 0.258. The Kier molecular flexibility index (Phi) is 4.42. The Bertz CT molecular complexity index is 515. The maximum absolute atomic E-state index is 12.9. The van der Waals surface area contributed by atoms with Gasteiger partial charge in [-0.2, -0.15) is 5.10 Å². The van der Waals surface area contributed by atoms with Gasteiger partial charge in [-0.1, -0.05) is 6.92 Å². The number of nitrogens with zero attached hydrogens (tertiary/aromatic N) is 3. The maximum atomic E-state index is 12.9. The van der Waals surface area contributed by atoms with E-state index < -0.39 is 0 Å². The van der Waals surface area contributed by atoms with Crippen LogP contribution < -0.4 is 5.73 Å². The van der Waals surface area contributed by atoms with Gasteiger partial charge in [-0.3, -0.25) is 9.48 Å². The number of rotatable bonds is 3. The lowest BCUT2D eigenvalue weighted by molar-refractivity contribution is 0.0742. The third kappa shape index (κ3) is 2.98. The molecule has 2 atom stereocenters. The van der Waals surface area contributed by atoms with Crippen LogP contribution in [0.25, 0.3) is 0 Å². The number of amides is 1. The number of hydrogen-bond acceptors (Lipinski definition) is 3. The molecule has 2 rings (SSSR count). The number of carbonyl (C=O) groups is 1. The van der Waals surface area contributed by atoms with Crippen molar-refractivity contribution in [2.45, 2.75) is 59.0 Å². The van der Waals surface area contributed by atoms with Crippen LogP contribution >= 0.6 is 0 Å². The largest absolute Gasteiger partial charge is 0.335 e. The van der Waals surface area contributed by atoms with Gasteiger partial charge in [0.05, 0.1) is 23.0 Å². The first kappa shape index (κ1) is 16.0. The molecule has 0 spiro atoms. The van der Waals surface area contributed by atoms with E-state index in [1.165, 1.54) is 0 Å². The van der Waals surface area contributed by atoms with Crippen LogP contribution in [-0.2, 0) is 12.0 Å². The van der Waals surface area contributed by atoms with E-state index in [4.69, 9.17) is 5.73 Å². The topological polar surface area (TPSA) is 64.2 Å². The summed E-state index contributed by atoms with van der Waals surface area (Å²) in [4.78, 5) is 14.8. The molecular weight excluding hydrogens is 264 g/mol. The monoisotopic (exact) mass is 292 g/mol. The zero-order valence-electron chi connectivity index (χ0n) is 13.9. The highest BCUT2D eigenvalue weighted by atomic mass is 16.2. The standard InChI is InChI=1S/C16H28N4O/c1-6-14-13(9-18-20(14)16(3,4)5)15(21)19-10-12(8-17)7-11(19)2/h9,11-12H,6-8,10,17H2,1-5H3. The van der Waals surface area contributed by atoms with Gasteiger partial charge in [0.25, 0.3) is 5.91 Å². The Balaban J connectivity index is 2.30. The zero-order chi connectivity index (χ0) is 15.8. The fraction of sp³-hybridized carbons (Fsp3) is 0.750. The van der Waals surface area contributed by atoms with Crippen molar-refractivity contribution in [3.8, 4) is 0 Å². The van der Waals surface area contributed by atoms with Crippen molar-refractivity contribution in [1.82, 2.24) is 14.7 Å². The molecular formula is C16H28N4O. The van der Waals surface area contributed by atoms with E-state index in [0.717, 1.165) is 30.6 Å². The lowest BCUT2D eigenvalue weighted by Gasteiger charge is -2.24. The molecule has 2 unspecified atom stereocenters. The molecule has 1 amide bonds. The molecule has 0 aromatic carbocycles. The van der Waals surface area contributed by atoms with Crippen molar-refractivity contribution in [3.63, 3.8) is 0 Å². The van der Waals surface area contributed by atoms with Gasteiger partial charge in [-0.15, -0.1) is 0 Å². The van der Waals surface area contributed by atoms with Crippen LogP contribution in [0.5, 0.6) is 0 Å². The highest BCUT2D eigenvalue weighted by molar-refractivity contribution is 5.95. The first-order valence-electron chi connectivity index (χ1n) is 7.88. The van der Waals surface area contributed by atoms with Crippen LogP contribution in [0.3, 0.4) is 0 Å². The Labute approximate surface area is 127 Å². The predicted molar refractivity (Wildman–Crippen MR) is 84.3 cm³/mol. The van der Waals surface area contributed by atoms with Crippen LogP contribution in [0.2, 0.25) is 0 Å². The second-order valence-corrected chi connectivity index (χ2v) is 7.09. The fourth-order valence-corrected chi connectivity index (χ4v) is 3.22. The summed E-state index contributed by atoms with van der Waals surface area (Å²) >= 11 is 0. The molecule has 0 radical (unpaired) electrons. The van der Waals surface area contributed by atoms with E-state index in [1.807, 2.05) is 9.58 Å². The summed E-state index contributed by atoms with van der Waals surface area (Å²) in [5.41, 5.74) is 7.42. The van der Waals surface area contributed by atoms with Gasteiger partial charge < -0.3 is 10.6 Å². The molecule has 5 nitrogen and oxygen atoms in total. The van der Waals surface area contributed by atoms with Gasteiger partial charge in [-0.05, 0) is 53.0 Å². The van der Waals surface area contributed by atoms with Gasteiger partial charge in [0.15, 0.2) is 0 Å². The van der Waals surface area contributed by atoms with E-state index in [1.54, 1.807) is 6.20 Å². The van der Waals surface area contributed by atoms with Crippen molar-refractivity contribution in [2.24, 2.45) is 11.7 Å². The van der Waals surface area contributed by atoms with E-state index in [9.17, 15) is 4.79 Å². The Hall–Kier alpha value is -1.36. The Morgan fingerprint density at radius 3 is 2.62 bits per heavy atom. The molecule has 0 aliphatic carbocycles. The molecule has 1 aliphatic rings. The SMILES string of the molecule is CCc1c(C(=O)N2CC(CN)CC2C)cnn1C(C)(C)C. The molecule has 118 valence electrons. The molecule has 1 aliphatic heterocycles. The molecule has 1 fully saturated rings. The number of likely N-dealkylation sites (tertiary alicyclic amines) is 1. The molecule has 1 aromatic rings. The fourth-order valence-electron chi connectivity index (χ4n) is 3.22. The third-order valence-electron chi connectivity index (χ3n) is 4.33. The van der Waals surface area contributed by atoms with Crippen molar-refractivity contribution in [3.05, 3.63) is 17.5 Å². The summed E-state index contributed by atoms with van der Waals surface area (Å²) in [6.07, 6.45) is 3.53. The second kappa shape index (κ2) is 5.79. The van der Waals surface area contributed by atoms with Gasteiger partial charge in [0.2, 0.25) is 0 Å². The van der Waals surface area contributed by atoms with Crippen molar-refractivity contribution in [1.29, 1.82) is 0 Å². The Morgan fingerprint density at radius 2 is 2.14 bits per heavy atom. The summed E-state index contributed by atoms with van der Waals surface area (Å²) in [7, 11) is 0. The second-order valence-electron chi connectivity index (χ2n) is 7.09. The molecule has 5 heteroatoms. The van der Waals surface area contributed by atoms with Crippen molar-refractivity contribution < 1.29 is 4.79 Å².